The van der Waals surface area contributed by atoms with Crippen LogP contribution < -0.4 is 5.32 Å². The molecule has 21 heavy (non-hydrogen) atoms. The van der Waals surface area contributed by atoms with Gasteiger partial charge in [-0.2, -0.15) is 0 Å². The number of phenols is 1. The molecule has 0 radical (unpaired) electrons. The summed E-state index contributed by atoms with van der Waals surface area (Å²) >= 11 is 5.93. The van der Waals surface area contributed by atoms with Crippen LogP contribution in [0.3, 0.4) is 0 Å². The molecule has 2 aromatic carbocycles. The monoisotopic (exact) mass is 305 g/mol. The van der Waals surface area contributed by atoms with Crippen molar-refractivity contribution in [3.63, 3.8) is 0 Å². The molecule has 2 rings (SSSR count). The minimum Gasteiger partial charge on any atom is -0.508 e. The van der Waals surface area contributed by atoms with Gasteiger partial charge in [-0.25, -0.2) is 4.79 Å². The summed E-state index contributed by atoms with van der Waals surface area (Å²) in [6.07, 6.45) is 0.122. The summed E-state index contributed by atoms with van der Waals surface area (Å²) < 4.78 is 0. The van der Waals surface area contributed by atoms with Crippen LogP contribution in [0.1, 0.15) is 15.9 Å². The maximum atomic E-state index is 11.9. The number of carboxylic acids is 1. The molecule has 0 unspecified atom stereocenters. The minimum absolute atomic E-state index is 0.0523. The van der Waals surface area contributed by atoms with E-state index in [1.807, 2.05) is 0 Å². The Labute approximate surface area is 125 Å². The second-order valence-corrected chi connectivity index (χ2v) is 4.80. The van der Waals surface area contributed by atoms with E-state index in [9.17, 15) is 9.59 Å². The van der Waals surface area contributed by atoms with Crippen molar-refractivity contribution in [2.45, 2.75) is 6.42 Å². The summed E-state index contributed by atoms with van der Waals surface area (Å²) in [6, 6.07) is 10.4. The van der Waals surface area contributed by atoms with E-state index in [-0.39, 0.29) is 28.7 Å². The molecule has 0 aliphatic heterocycles. The Kier molecular flexibility index (Phi) is 4.45. The first kappa shape index (κ1) is 14.9. The molecule has 6 heteroatoms. The first-order chi connectivity index (χ1) is 9.95. The Balaban J connectivity index is 2.06. The Hall–Kier alpha value is -2.53. The molecule has 0 heterocycles. The third kappa shape index (κ3) is 3.97. The molecule has 2 aromatic rings. The zero-order valence-electron chi connectivity index (χ0n) is 10.8. The molecule has 0 saturated carbocycles. The number of aromatic hydroxyl groups is 1. The third-order valence-corrected chi connectivity index (χ3v) is 3.10. The molecular formula is C15H12ClNO4. The highest BCUT2D eigenvalue weighted by Gasteiger charge is 2.10. The fourth-order valence-electron chi connectivity index (χ4n) is 1.74. The van der Waals surface area contributed by atoms with Crippen molar-refractivity contribution < 1.29 is 19.8 Å². The van der Waals surface area contributed by atoms with Crippen molar-refractivity contribution in [2.75, 3.05) is 5.32 Å². The van der Waals surface area contributed by atoms with Crippen molar-refractivity contribution >= 4 is 29.2 Å². The van der Waals surface area contributed by atoms with Crippen LogP contribution in [0.15, 0.2) is 42.5 Å². The van der Waals surface area contributed by atoms with Gasteiger partial charge in [-0.05, 0) is 35.9 Å². The van der Waals surface area contributed by atoms with Crippen LogP contribution in [-0.2, 0) is 11.2 Å². The number of anilines is 1. The number of carbonyl (C=O) groups is 2. The van der Waals surface area contributed by atoms with Crippen LogP contribution >= 0.6 is 11.6 Å². The molecule has 0 aliphatic carbocycles. The van der Waals surface area contributed by atoms with Crippen molar-refractivity contribution in [3.8, 4) is 5.75 Å². The molecule has 0 aromatic heterocycles. The molecule has 5 nitrogen and oxygen atoms in total. The van der Waals surface area contributed by atoms with Crippen LogP contribution in [0.2, 0.25) is 5.02 Å². The molecule has 0 fully saturated rings. The maximum absolute atomic E-state index is 11.9. The van der Waals surface area contributed by atoms with E-state index in [1.165, 1.54) is 30.3 Å². The zero-order chi connectivity index (χ0) is 15.4. The van der Waals surface area contributed by atoms with Crippen molar-refractivity contribution in [2.24, 2.45) is 0 Å². The quantitative estimate of drug-likeness (QED) is 0.810. The van der Waals surface area contributed by atoms with Crippen molar-refractivity contribution in [1.82, 2.24) is 0 Å². The Morgan fingerprint density at radius 1 is 1.10 bits per heavy atom. The summed E-state index contributed by atoms with van der Waals surface area (Å²) in [4.78, 5) is 22.7. The number of carbonyl (C=O) groups excluding carboxylic acids is 1. The average Bonchev–Trinajstić information content (AvgIpc) is 2.43. The van der Waals surface area contributed by atoms with E-state index in [1.54, 1.807) is 12.1 Å². The maximum Gasteiger partial charge on any atom is 0.335 e. The number of hydrogen-bond donors (Lipinski definition) is 3. The van der Waals surface area contributed by atoms with Gasteiger partial charge < -0.3 is 15.5 Å². The predicted octanol–water partition coefficient (Wildman–Crippen LogP) is 2.93. The molecular weight excluding hydrogens is 294 g/mol. The van der Waals surface area contributed by atoms with E-state index < -0.39 is 5.97 Å². The number of rotatable bonds is 4. The fraction of sp³-hybridized carbons (Fsp3) is 0.0667. The van der Waals surface area contributed by atoms with Gasteiger partial charge in [-0.1, -0.05) is 23.7 Å². The van der Waals surface area contributed by atoms with Crippen LogP contribution in [0.5, 0.6) is 5.75 Å². The summed E-state index contributed by atoms with van der Waals surface area (Å²) in [5, 5.41) is 20.8. The van der Waals surface area contributed by atoms with Crippen LogP contribution in [0, 0.1) is 0 Å². The van der Waals surface area contributed by atoms with Gasteiger partial charge >= 0.3 is 5.97 Å². The van der Waals surface area contributed by atoms with Crippen molar-refractivity contribution in [3.05, 3.63) is 58.6 Å². The smallest absolute Gasteiger partial charge is 0.335 e. The zero-order valence-corrected chi connectivity index (χ0v) is 11.6. The van der Waals surface area contributed by atoms with E-state index in [0.717, 1.165) is 5.56 Å². The number of phenolic OH excluding ortho intramolecular Hbond substituents is 1. The van der Waals surface area contributed by atoms with Gasteiger partial charge in [-0.3, -0.25) is 4.79 Å². The first-order valence-corrected chi connectivity index (χ1v) is 6.44. The van der Waals surface area contributed by atoms with Crippen LogP contribution in [0.25, 0.3) is 0 Å². The molecule has 1 amide bonds. The number of carboxylic acid groups (broad SMARTS) is 1. The molecule has 0 spiro atoms. The second-order valence-electron chi connectivity index (χ2n) is 4.39. The summed E-state index contributed by atoms with van der Waals surface area (Å²) in [5.74, 6) is -1.24. The van der Waals surface area contributed by atoms with Gasteiger partial charge in [0.25, 0.3) is 0 Å². The lowest BCUT2D eigenvalue weighted by atomic mass is 10.1. The SMILES string of the molecule is O=C(Cc1ccc(O)cc1)Nc1ccc(C(=O)O)cc1Cl. The van der Waals surface area contributed by atoms with Crippen LogP contribution in [-0.4, -0.2) is 22.1 Å². The van der Waals surface area contributed by atoms with E-state index >= 15 is 0 Å². The highest BCUT2D eigenvalue weighted by atomic mass is 35.5. The molecule has 0 saturated heterocycles. The van der Waals surface area contributed by atoms with Gasteiger partial charge in [0.15, 0.2) is 0 Å². The fourth-order valence-corrected chi connectivity index (χ4v) is 1.97. The highest BCUT2D eigenvalue weighted by Crippen LogP contribution is 2.23. The molecule has 0 aliphatic rings. The minimum atomic E-state index is -1.08. The number of aromatic carboxylic acids is 1. The lowest BCUT2D eigenvalue weighted by Crippen LogP contribution is -2.14. The largest absolute Gasteiger partial charge is 0.508 e. The standard InChI is InChI=1S/C15H12ClNO4/c16-12-8-10(15(20)21)3-6-13(12)17-14(19)7-9-1-4-11(18)5-2-9/h1-6,8,18H,7H2,(H,17,19)(H,20,21). The summed E-state index contributed by atoms with van der Waals surface area (Å²) in [5.41, 5.74) is 1.14. The number of nitrogens with one attached hydrogen (secondary N) is 1. The van der Waals surface area contributed by atoms with E-state index in [2.05, 4.69) is 5.32 Å². The van der Waals surface area contributed by atoms with Gasteiger partial charge in [0, 0.05) is 0 Å². The second kappa shape index (κ2) is 6.28. The highest BCUT2D eigenvalue weighted by molar-refractivity contribution is 6.34. The normalized spacial score (nSPS) is 10.1. The molecule has 0 bridgehead atoms. The molecule has 108 valence electrons. The predicted molar refractivity (Wildman–Crippen MR) is 78.9 cm³/mol. The molecule has 3 N–H and O–H groups in total. The van der Waals surface area contributed by atoms with E-state index in [0.29, 0.717) is 5.69 Å². The number of halogens is 1. The summed E-state index contributed by atoms with van der Waals surface area (Å²) in [6.45, 7) is 0. The first-order valence-electron chi connectivity index (χ1n) is 6.06. The topological polar surface area (TPSA) is 86.6 Å². The lowest BCUT2D eigenvalue weighted by molar-refractivity contribution is -0.115. The Morgan fingerprint density at radius 2 is 1.76 bits per heavy atom. The number of amides is 1. The number of benzene rings is 2. The van der Waals surface area contributed by atoms with Gasteiger partial charge in [0.2, 0.25) is 5.91 Å². The van der Waals surface area contributed by atoms with Gasteiger partial charge in [0.1, 0.15) is 5.75 Å². The number of hydrogen-bond acceptors (Lipinski definition) is 3. The van der Waals surface area contributed by atoms with Gasteiger partial charge in [0.05, 0.1) is 22.7 Å². The van der Waals surface area contributed by atoms with Gasteiger partial charge in [-0.15, -0.1) is 0 Å². The third-order valence-electron chi connectivity index (χ3n) is 2.79. The Morgan fingerprint density at radius 3 is 2.33 bits per heavy atom. The molecule has 0 atom stereocenters. The van der Waals surface area contributed by atoms with Crippen LogP contribution in [0.4, 0.5) is 5.69 Å². The average molecular weight is 306 g/mol. The lowest BCUT2D eigenvalue weighted by Gasteiger charge is -2.08. The van der Waals surface area contributed by atoms with E-state index in [4.69, 9.17) is 21.8 Å². The van der Waals surface area contributed by atoms with Crippen molar-refractivity contribution in [1.29, 1.82) is 0 Å². The Bertz CT molecular complexity index is 683. The summed E-state index contributed by atoms with van der Waals surface area (Å²) in [7, 11) is 0.